The fraction of sp³-hybridized carbons (Fsp3) is 0.417. The number of carboxylic acids is 1. The molecule has 7 heteroatoms. The summed E-state index contributed by atoms with van der Waals surface area (Å²) in [6.07, 6.45) is 2.98. The molecule has 0 aromatic heterocycles. The number of carbonyl (C=O) groups excluding carboxylic acids is 1. The minimum Gasteiger partial charge on any atom is -0.481 e. The summed E-state index contributed by atoms with van der Waals surface area (Å²) in [5, 5.41) is 15.9. The number of amides is 1. The van der Waals surface area contributed by atoms with E-state index in [9.17, 15) is 14.0 Å². The Kier molecular flexibility index (Phi) is 7.55. The minimum atomic E-state index is -0.722. The third-order valence-corrected chi connectivity index (χ3v) is 6.38. The summed E-state index contributed by atoms with van der Waals surface area (Å²) >= 11 is 6.20. The van der Waals surface area contributed by atoms with Gasteiger partial charge in [0.15, 0.2) is 0 Å². The summed E-state index contributed by atoms with van der Waals surface area (Å²) in [6, 6.07) is 9.49. The Hall–Kier alpha value is -2.60. The van der Waals surface area contributed by atoms with Gasteiger partial charge in [-0.05, 0) is 93.0 Å². The van der Waals surface area contributed by atoms with Crippen molar-refractivity contribution in [2.45, 2.75) is 45.6 Å². The van der Waals surface area contributed by atoms with Crippen LogP contribution in [-0.2, 0) is 4.79 Å². The summed E-state index contributed by atoms with van der Waals surface area (Å²) in [6.45, 7) is 4.37. The molecule has 0 bridgehead atoms. The monoisotopic (exact) mass is 446 g/mol. The van der Waals surface area contributed by atoms with Gasteiger partial charge in [0.1, 0.15) is 5.82 Å². The van der Waals surface area contributed by atoms with E-state index in [1.54, 1.807) is 12.1 Å². The number of hydrogen-bond donors (Lipinski definition) is 3. The SMILES string of the molecule is Cc1cc(C(=O)NCC2CCC(C(=O)O)CC2)ccc1N[C@@H](C)c1cc(F)ccc1Cl. The molecule has 0 aliphatic heterocycles. The molecular formula is C24H28ClFN2O3. The number of aryl methyl sites for hydroxylation is 1. The molecule has 0 heterocycles. The molecule has 31 heavy (non-hydrogen) atoms. The van der Waals surface area contributed by atoms with Gasteiger partial charge in [0, 0.05) is 22.8 Å². The van der Waals surface area contributed by atoms with Gasteiger partial charge in [0.25, 0.3) is 5.91 Å². The number of halogens is 2. The fourth-order valence-corrected chi connectivity index (χ4v) is 4.36. The van der Waals surface area contributed by atoms with Crippen LogP contribution in [0.15, 0.2) is 36.4 Å². The highest BCUT2D eigenvalue weighted by Crippen LogP contribution is 2.30. The van der Waals surface area contributed by atoms with E-state index in [0.717, 1.165) is 24.1 Å². The number of anilines is 1. The molecular weight excluding hydrogens is 419 g/mol. The molecule has 2 aromatic rings. The molecule has 166 valence electrons. The number of hydrogen-bond acceptors (Lipinski definition) is 3. The van der Waals surface area contributed by atoms with E-state index in [1.165, 1.54) is 12.1 Å². The zero-order chi connectivity index (χ0) is 22.5. The second-order valence-corrected chi connectivity index (χ2v) is 8.73. The highest BCUT2D eigenvalue weighted by molar-refractivity contribution is 6.31. The van der Waals surface area contributed by atoms with Crippen molar-refractivity contribution in [1.82, 2.24) is 5.32 Å². The lowest BCUT2D eigenvalue weighted by Crippen LogP contribution is -2.32. The first kappa shape index (κ1) is 23.1. The maximum absolute atomic E-state index is 13.6. The van der Waals surface area contributed by atoms with Gasteiger partial charge in [-0.1, -0.05) is 11.6 Å². The van der Waals surface area contributed by atoms with Gasteiger partial charge in [-0.25, -0.2) is 4.39 Å². The number of rotatable bonds is 7. The molecule has 3 N–H and O–H groups in total. The van der Waals surface area contributed by atoms with Crippen LogP contribution in [0.4, 0.5) is 10.1 Å². The number of aliphatic carboxylic acids is 1. The summed E-state index contributed by atoms with van der Waals surface area (Å²) in [4.78, 5) is 23.6. The Balaban J connectivity index is 1.57. The topological polar surface area (TPSA) is 78.4 Å². The molecule has 1 amide bonds. The molecule has 1 aliphatic carbocycles. The van der Waals surface area contributed by atoms with Crippen molar-refractivity contribution in [3.63, 3.8) is 0 Å². The standard InChI is InChI=1S/C24H28ClFN2O3/c1-14-11-18(23(29)27-13-16-3-5-17(6-4-16)24(30)31)7-10-22(14)28-15(2)20-12-19(26)8-9-21(20)25/h7-12,15-17,28H,3-6,13H2,1-2H3,(H,27,29)(H,30,31)/t15-,16?,17?/m0/s1. The smallest absolute Gasteiger partial charge is 0.306 e. The molecule has 5 nitrogen and oxygen atoms in total. The summed E-state index contributed by atoms with van der Waals surface area (Å²) in [5.41, 5.74) is 2.98. The van der Waals surface area contributed by atoms with Crippen molar-refractivity contribution < 1.29 is 19.1 Å². The fourth-order valence-electron chi connectivity index (χ4n) is 4.08. The van der Waals surface area contributed by atoms with Crippen LogP contribution < -0.4 is 10.6 Å². The van der Waals surface area contributed by atoms with Gasteiger partial charge in [-0.3, -0.25) is 9.59 Å². The van der Waals surface area contributed by atoms with E-state index in [2.05, 4.69) is 10.6 Å². The summed E-state index contributed by atoms with van der Waals surface area (Å²) in [5.74, 6) is -1.14. The molecule has 1 atom stereocenters. The van der Waals surface area contributed by atoms with Crippen LogP contribution in [-0.4, -0.2) is 23.5 Å². The van der Waals surface area contributed by atoms with Crippen LogP contribution in [0.2, 0.25) is 5.02 Å². The number of carboxylic acid groups (broad SMARTS) is 1. The van der Waals surface area contributed by atoms with Crippen LogP contribution in [0, 0.1) is 24.6 Å². The van der Waals surface area contributed by atoms with Crippen molar-refractivity contribution >= 4 is 29.2 Å². The average molecular weight is 447 g/mol. The zero-order valence-corrected chi connectivity index (χ0v) is 18.5. The summed E-state index contributed by atoms with van der Waals surface area (Å²) in [7, 11) is 0. The lowest BCUT2D eigenvalue weighted by atomic mass is 9.82. The van der Waals surface area contributed by atoms with E-state index >= 15 is 0 Å². The first-order valence-electron chi connectivity index (χ1n) is 10.6. The lowest BCUT2D eigenvalue weighted by Gasteiger charge is -2.26. The van der Waals surface area contributed by atoms with Crippen LogP contribution >= 0.6 is 11.6 Å². The molecule has 0 saturated heterocycles. The number of benzene rings is 2. The highest BCUT2D eigenvalue weighted by atomic mass is 35.5. The van der Waals surface area contributed by atoms with Gasteiger partial charge in [-0.15, -0.1) is 0 Å². The molecule has 3 rings (SSSR count). The lowest BCUT2D eigenvalue weighted by molar-refractivity contribution is -0.143. The Morgan fingerprint density at radius 2 is 1.87 bits per heavy atom. The van der Waals surface area contributed by atoms with Crippen LogP contribution in [0.3, 0.4) is 0 Å². The Morgan fingerprint density at radius 1 is 1.16 bits per heavy atom. The number of nitrogens with one attached hydrogen (secondary N) is 2. The Morgan fingerprint density at radius 3 is 2.52 bits per heavy atom. The highest BCUT2D eigenvalue weighted by Gasteiger charge is 2.26. The first-order chi connectivity index (χ1) is 14.7. The van der Waals surface area contributed by atoms with E-state index in [1.807, 2.05) is 26.0 Å². The molecule has 1 aliphatic rings. The molecule has 1 fully saturated rings. The van der Waals surface area contributed by atoms with Crippen molar-refractivity contribution in [2.24, 2.45) is 11.8 Å². The maximum Gasteiger partial charge on any atom is 0.306 e. The maximum atomic E-state index is 13.6. The van der Waals surface area contributed by atoms with E-state index < -0.39 is 5.97 Å². The van der Waals surface area contributed by atoms with Crippen molar-refractivity contribution in [3.8, 4) is 0 Å². The van der Waals surface area contributed by atoms with Gasteiger partial charge in [-0.2, -0.15) is 0 Å². The quantitative estimate of drug-likeness (QED) is 0.518. The van der Waals surface area contributed by atoms with Crippen LogP contribution in [0.1, 0.15) is 60.1 Å². The van der Waals surface area contributed by atoms with Gasteiger partial charge in [0.2, 0.25) is 0 Å². The minimum absolute atomic E-state index is 0.142. The molecule has 1 saturated carbocycles. The molecule has 0 spiro atoms. The molecule has 0 unspecified atom stereocenters. The van der Waals surface area contributed by atoms with Crippen molar-refractivity contribution in [3.05, 3.63) is 63.9 Å². The average Bonchev–Trinajstić information content (AvgIpc) is 2.75. The predicted molar refractivity (Wildman–Crippen MR) is 120 cm³/mol. The van der Waals surface area contributed by atoms with Gasteiger partial charge >= 0.3 is 5.97 Å². The number of carbonyl (C=O) groups is 2. The van der Waals surface area contributed by atoms with Crippen molar-refractivity contribution in [1.29, 1.82) is 0 Å². The second-order valence-electron chi connectivity index (χ2n) is 8.33. The molecule has 0 radical (unpaired) electrons. The zero-order valence-electron chi connectivity index (χ0n) is 17.8. The van der Waals surface area contributed by atoms with E-state index in [4.69, 9.17) is 16.7 Å². The Bertz CT molecular complexity index is 958. The second kappa shape index (κ2) is 10.1. The van der Waals surface area contributed by atoms with Crippen LogP contribution in [0.5, 0.6) is 0 Å². The van der Waals surface area contributed by atoms with Gasteiger partial charge in [0.05, 0.1) is 12.0 Å². The van der Waals surface area contributed by atoms with Crippen molar-refractivity contribution in [2.75, 3.05) is 11.9 Å². The third-order valence-electron chi connectivity index (χ3n) is 6.03. The van der Waals surface area contributed by atoms with E-state index in [0.29, 0.717) is 41.5 Å². The summed E-state index contributed by atoms with van der Waals surface area (Å²) < 4.78 is 13.6. The predicted octanol–water partition coefficient (Wildman–Crippen LogP) is 5.58. The Labute approximate surface area is 187 Å². The van der Waals surface area contributed by atoms with E-state index in [-0.39, 0.29) is 23.7 Å². The largest absolute Gasteiger partial charge is 0.481 e. The van der Waals surface area contributed by atoms with Gasteiger partial charge < -0.3 is 15.7 Å². The first-order valence-corrected chi connectivity index (χ1v) is 11.0. The normalized spacial score (nSPS) is 19.5. The molecule has 2 aromatic carbocycles. The third kappa shape index (κ3) is 5.97. The van der Waals surface area contributed by atoms with Crippen LogP contribution in [0.25, 0.3) is 0 Å².